The molecule has 2 aliphatic rings. The van der Waals surface area contributed by atoms with Gasteiger partial charge < -0.3 is 10.2 Å². The summed E-state index contributed by atoms with van der Waals surface area (Å²) in [6.07, 6.45) is 7.43. The molecule has 7 nitrogen and oxygen atoms in total. The van der Waals surface area contributed by atoms with Crippen LogP contribution in [0.2, 0.25) is 0 Å². The predicted molar refractivity (Wildman–Crippen MR) is 132 cm³/mol. The minimum atomic E-state index is -3.64. The maximum absolute atomic E-state index is 13.3. The lowest BCUT2D eigenvalue weighted by molar-refractivity contribution is -0.129. The largest absolute Gasteiger partial charge is 0.326 e. The van der Waals surface area contributed by atoms with Crippen molar-refractivity contribution in [2.75, 3.05) is 18.4 Å². The van der Waals surface area contributed by atoms with Gasteiger partial charge >= 0.3 is 0 Å². The molecular formula is C26H31N3O4S. The number of hydrogen-bond acceptors (Lipinski definition) is 4. The van der Waals surface area contributed by atoms with Crippen LogP contribution in [-0.4, -0.2) is 42.5 Å². The molecule has 2 aliphatic heterocycles. The number of hydrogen-bond donors (Lipinski definition) is 1. The van der Waals surface area contributed by atoms with Gasteiger partial charge in [0.1, 0.15) is 0 Å². The van der Waals surface area contributed by atoms with Gasteiger partial charge in [-0.3, -0.25) is 9.59 Å². The minimum Gasteiger partial charge on any atom is -0.326 e. The molecule has 0 spiro atoms. The smallest absolute Gasteiger partial charge is 0.243 e. The van der Waals surface area contributed by atoms with E-state index in [9.17, 15) is 18.0 Å². The lowest BCUT2D eigenvalue weighted by atomic mass is 9.93. The number of benzene rings is 2. The molecule has 2 heterocycles. The summed E-state index contributed by atoms with van der Waals surface area (Å²) < 4.78 is 28.2. The molecule has 0 saturated carbocycles. The maximum atomic E-state index is 13.3. The van der Waals surface area contributed by atoms with Crippen molar-refractivity contribution in [3.8, 4) is 0 Å². The number of fused-ring (bicyclic) bond motifs is 1. The van der Waals surface area contributed by atoms with E-state index in [4.69, 9.17) is 0 Å². The van der Waals surface area contributed by atoms with Crippen LogP contribution in [-0.2, 0) is 19.6 Å². The van der Waals surface area contributed by atoms with Gasteiger partial charge in [0.25, 0.3) is 0 Å². The summed E-state index contributed by atoms with van der Waals surface area (Å²) in [6.45, 7) is 4.29. The first-order valence-corrected chi connectivity index (χ1v) is 13.2. The van der Waals surface area contributed by atoms with E-state index in [1.54, 1.807) is 40.5 Å². The Morgan fingerprint density at radius 3 is 2.44 bits per heavy atom. The van der Waals surface area contributed by atoms with E-state index in [1.807, 2.05) is 30.3 Å². The molecule has 0 bridgehead atoms. The Balaban J connectivity index is 1.54. The van der Waals surface area contributed by atoms with Crippen LogP contribution < -0.4 is 5.32 Å². The number of nitrogens with zero attached hydrogens (tertiary/aromatic N) is 2. The second-order valence-electron chi connectivity index (χ2n) is 8.94. The van der Waals surface area contributed by atoms with Gasteiger partial charge in [-0.25, -0.2) is 8.42 Å². The van der Waals surface area contributed by atoms with E-state index in [2.05, 4.69) is 5.32 Å². The quantitative estimate of drug-likeness (QED) is 0.683. The zero-order valence-corrected chi connectivity index (χ0v) is 20.5. The Hall–Kier alpha value is -2.97. The first-order chi connectivity index (χ1) is 16.3. The van der Waals surface area contributed by atoms with E-state index in [0.717, 1.165) is 36.8 Å². The van der Waals surface area contributed by atoms with E-state index < -0.39 is 16.1 Å². The molecule has 2 aromatic carbocycles. The molecule has 1 fully saturated rings. The molecule has 8 heteroatoms. The standard InChI is InChI=1S/C26H31N3O4S/c1-19-11-12-22(17-25(19)34(32,33)28-14-7-3-4-8-15-28)27-26(31)18-24-23-10-6-5-9-21(23)13-16-29(24)20(2)30/h5-6,9-13,16-17,24H,3-4,7-8,14-15,18H2,1-2H3,(H,27,31)/t24-/m0/s1. The molecule has 4 rings (SSSR count). The third kappa shape index (κ3) is 5.08. The Bertz CT molecular complexity index is 1210. The monoisotopic (exact) mass is 481 g/mol. The number of carbonyl (C=O) groups excluding carboxylic acids is 2. The fourth-order valence-corrected chi connectivity index (χ4v) is 6.45. The number of nitrogens with one attached hydrogen (secondary N) is 1. The number of amides is 2. The van der Waals surface area contributed by atoms with Crippen LogP contribution >= 0.6 is 0 Å². The first-order valence-electron chi connectivity index (χ1n) is 11.7. The summed E-state index contributed by atoms with van der Waals surface area (Å²) in [5.41, 5.74) is 2.96. The van der Waals surface area contributed by atoms with Gasteiger partial charge in [-0.05, 0) is 54.7 Å². The highest BCUT2D eigenvalue weighted by atomic mass is 32.2. The number of carbonyl (C=O) groups is 2. The second-order valence-corrected chi connectivity index (χ2v) is 10.8. The van der Waals surface area contributed by atoms with Gasteiger partial charge in [0.15, 0.2) is 0 Å². The molecule has 34 heavy (non-hydrogen) atoms. The molecular weight excluding hydrogens is 450 g/mol. The van der Waals surface area contributed by atoms with Gasteiger partial charge in [0.2, 0.25) is 21.8 Å². The Kier molecular flexibility index (Phi) is 7.19. The molecule has 180 valence electrons. The van der Waals surface area contributed by atoms with Gasteiger partial charge in [0.05, 0.1) is 17.4 Å². The van der Waals surface area contributed by atoms with E-state index in [-0.39, 0.29) is 23.1 Å². The van der Waals surface area contributed by atoms with Crippen molar-refractivity contribution >= 4 is 33.6 Å². The molecule has 1 N–H and O–H groups in total. The summed E-state index contributed by atoms with van der Waals surface area (Å²) >= 11 is 0. The highest BCUT2D eigenvalue weighted by Crippen LogP contribution is 2.33. The molecule has 0 aliphatic carbocycles. The van der Waals surface area contributed by atoms with Crippen molar-refractivity contribution in [2.45, 2.75) is 56.9 Å². The van der Waals surface area contributed by atoms with Gasteiger partial charge in [-0.2, -0.15) is 4.31 Å². The topological polar surface area (TPSA) is 86.8 Å². The Morgan fingerprint density at radius 2 is 1.74 bits per heavy atom. The molecule has 0 aromatic heterocycles. The van der Waals surface area contributed by atoms with Crippen LogP contribution in [0.4, 0.5) is 5.69 Å². The molecule has 2 amide bonds. The van der Waals surface area contributed by atoms with Crippen molar-refractivity contribution in [3.63, 3.8) is 0 Å². The zero-order valence-electron chi connectivity index (χ0n) is 19.7. The first kappa shape index (κ1) is 24.2. The van der Waals surface area contributed by atoms with Gasteiger partial charge in [-0.15, -0.1) is 0 Å². The van der Waals surface area contributed by atoms with Crippen molar-refractivity contribution in [2.24, 2.45) is 0 Å². The Labute approximate surface area is 201 Å². The molecule has 1 saturated heterocycles. The second kappa shape index (κ2) is 10.1. The maximum Gasteiger partial charge on any atom is 0.243 e. The number of aryl methyl sites for hydroxylation is 1. The van der Waals surface area contributed by atoms with Crippen LogP contribution in [0.1, 0.15) is 61.8 Å². The minimum absolute atomic E-state index is 0.0585. The average Bonchev–Trinajstić information content (AvgIpc) is 3.10. The van der Waals surface area contributed by atoms with Crippen LogP contribution in [0.3, 0.4) is 0 Å². The van der Waals surface area contributed by atoms with Gasteiger partial charge in [-0.1, -0.05) is 43.2 Å². The average molecular weight is 482 g/mol. The number of sulfonamides is 1. The summed E-state index contributed by atoms with van der Waals surface area (Å²) in [5, 5.41) is 2.85. The third-order valence-corrected chi connectivity index (χ3v) is 8.54. The van der Waals surface area contributed by atoms with Gasteiger partial charge in [0, 0.05) is 31.9 Å². The van der Waals surface area contributed by atoms with E-state index >= 15 is 0 Å². The van der Waals surface area contributed by atoms with Crippen LogP contribution in [0, 0.1) is 6.92 Å². The van der Waals surface area contributed by atoms with Crippen LogP contribution in [0.5, 0.6) is 0 Å². The molecule has 0 radical (unpaired) electrons. The highest BCUT2D eigenvalue weighted by Gasteiger charge is 2.29. The summed E-state index contributed by atoms with van der Waals surface area (Å²) in [7, 11) is -3.64. The lowest BCUT2D eigenvalue weighted by Gasteiger charge is -2.32. The highest BCUT2D eigenvalue weighted by molar-refractivity contribution is 7.89. The Morgan fingerprint density at radius 1 is 1.03 bits per heavy atom. The molecule has 2 aromatic rings. The molecule has 0 unspecified atom stereocenters. The van der Waals surface area contributed by atoms with E-state index in [1.165, 1.54) is 6.92 Å². The normalized spacial score (nSPS) is 18.8. The lowest BCUT2D eigenvalue weighted by Crippen LogP contribution is -2.33. The van der Waals surface area contributed by atoms with Crippen molar-refractivity contribution < 1.29 is 18.0 Å². The van der Waals surface area contributed by atoms with Crippen molar-refractivity contribution in [1.82, 2.24) is 9.21 Å². The number of rotatable bonds is 5. The predicted octanol–water partition coefficient (Wildman–Crippen LogP) is 4.46. The number of anilines is 1. The molecule has 1 atom stereocenters. The fraction of sp³-hybridized carbons (Fsp3) is 0.385. The van der Waals surface area contributed by atoms with Crippen molar-refractivity contribution in [1.29, 1.82) is 0 Å². The fourth-order valence-electron chi connectivity index (χ4n) is 4.68. The van der Waals surface area contributed by atoms with Crippen molar-refractivity contribution in [3.05, 3.63) is 65.4 Å². The zero-order chi connectivity index (χ0) is 24.3. The SMILES string of the molecule is CC(=O)N1C=Cc2ccccc2[C@@H]1CC(=O)Nc1ccc(C)c(S(=O)(=O)N2CCCCCC2)c1. The van der Waals surface area contributed by atoms with E-state index in [0.29, 0.717) is 24.3 Å². The summed E-state index contributed by atoms with van der Waals surface area (Å²) in [4.78, 5) is 27.0. The van der Waals surface area contributed by atoms with Crippen LogP contribution in [0.25, 0.3) is 6.08 Å². The van der Waals surface area contributed by atoms with Crippen LogP contribution in [0.15, 0.2) is 53.6 Å². The summed E-state index contributed by atoms with van der Waals surface area (Å²) in [5.74, 6) is -0.437. The summed E-state index contributed by atoms with van der Waals surface area (Å²) in [6, 6.07) is 12.2. The third-order valence-electron chi connectivity index (χ3n) is 6.50.